The standard InChI is InChI=1S/C12H17FN2O2S/c1-2-3-8-6-11(8)15-18(16,17)12-5-4-9(14)7-10(12)13/h4-5,7-8,11,15H,2-3,6,14H2,1H3. The molecule has 0 heterocycles. The third-order valence-corrected chi connectivity index (χ3v) is 4.66. The summed E-state index contributed by atoms with van der Waals surface area (Å²) in [7, 11) is -3.78. The second-order valence-electron chi connectivity index (χ2n) is 4.70. The van der Waals surface area contributed by atoms with E-state index in [1.807, 2.05) is 0 Å². The maximum absolute atomic E-state index is 13.6. The van der Waals surface area contributed by atoms with Gasteiger partial charge in [0.2, 0.25) is 10.0 Å². The van der Waals surface area contributed by atoms with Crippen LogP contribution in [0.15, 0.2) is 23.1 Å². The van der Waals surface area contributed by atoms with Crippen LogP contribution in [0.3, 0.4) is 0 Å². The fraction of sp³-hybridized carbons (Fsp3) is 0.500. The Labute approximate surface area is 106 Å². The summed E-state index contributed by atoms with van der Waals surface area (Å²) in [5.41, 5.74) is 5.60. The summed E-state index contributed by atoms with van der Waals surface area (Å²) >= 11 is 0. The van der Waals surface area contributed by atoms with E-state index in [4.69, 9.17) is 5.73 Å². The molecule has 2 atom stereocenters. The average Bonchev–Trinajstić information content (AvgIpc) is 2.95. The monoisotopic (exact) mass is 272 g/mol. The number of nitrogen functional groups attached to an aromatic ring is 1. The van der Waals surface area contributed by atoms with E-state index < -0.39 is 15.8 Å². The van der Waals surface area contributed by atoms with Crippen LogP contribution in [0.2, 0.25) is 0 Å². The lowest BCUT2D eigenvalue weighted by Crippen LogP contribution is -2.27. The second-order valence-corrected chi connectivity index (χ2v) is 6.38. The first-order valence-corrected chi connectivity index (χ1v) is 7.49. The zero-order valence-corrected chi connectivity index (χ0v) is 11.0. The van der Waals surface area contributed by atoms with Gasteiger partial charge in [-0.15, -0.1) is 0 Å². The Morgan fingerprint density at radius 2 is 2.22 bits per heavy atom. The highest BCUT2D eigenvalue weighted by Crippen LogP contribution is 2.35. The van der Waals surface area contributed by atoms with Gasteiger partial charge in [0, 0.05) is 11.7 Å². The number of halogens is 1. The normalized spacial score (nSPS) is 23.0. The van der Waals surface area contributed by atoms with E-state index in [9.17, 15) is 12.8 Å². The Hall–Kier alpha value is -1.14. The highest BCUT2D eigenvalue weighted by Gasteiger charge is 2.39. The molecule has 1 aliphatic rings. The Morgan fingerprint density at radius 1 is 1.50 bits per heavy atom. The number of nitrogens with one attached hydrogen (secondary N) is 1. The van der Waals surface area contributed by atoms with Crippen molar-refractivity contribution in [3.63, 3.8) is 0 Å². The Balaban J connectivity index is 2.12. The van der Waals surface area contributed by atoms with E-state index in [0.717, 1.165) is 25.3 Å². The third kappa shape index (κ3) is 2.81. The number of sulfonamides is 1. The molecule has 0 radical (unpaired) electrons. The molecule has 0 saturated heterocycles. The van der Waals surface area contributed by atoms with Crippen molar-refractivity contribution in [1.82, 2.24) is 4.72 Å². The molecule has 1 aromatic rings. The van der Waals surface area contributed by atoms with Gasteiger partial charge in [-0.1, -0.05) is 13.3 Å². The van der Waals surface area contributed by atoms with Crippen LogP contribution in [0.1, 0.15) is 26.2 Å². The molecule has 100 valence electrons. The third-order valence-electron chi connectivity index (χ3n) is 3.13. The minimum Gasteiger partial charge on any atom is -0.399 e. The van der Waals surface area contributed by atoms with Gasteiger partial charge in [-0.2, -0.15) is 0 Å². The molecule has 0 aromatic heterocycles. The summed E-state index contributed by atoms with van der Waals surface area (Å²) in [6.45, 7) is 2.06. The van der Waals surface area contributed by atoms with Crippen LogP contribution in [0, 0.1) is 11.7 Å². The van der Waals surface area contributed by atoms with Crippen molar-refractivity contribution in [3.05, 3.63) is 24.0 Å². The second kappa shape index (κ2) is 4.85. The number of hydrogen-bond acceptors (Lipinski definition) is 3. The maximum Gasteiger partial charge on any atom is 0.243 e. The van der Waals surface area contributed by atoms with Crippen molar-refractivity contribution in [3.8, 4) is 0 Å². The van der Waals surface area contributed by atoms with Crippen LogP contribution in [0.4, 0.5) is 10.1 Å². The van der Waals surface area contributed by atoms with Crippen molar-refractivity contribution in [2.24, 2.45) is 5.92 Å². The summed E-state index contributed by atoms with van der Waals surface area (Å²) in [4.78, 5) is -0.334. The Morgan fingerprint density at radius 3 is 2.83 bits per heavy atom. The van der Waals surface area contributed by atoms with Gasteiger partial charge in [-0.05, 0) is 37.0 Å². The van der Waals surface area contributed by atoms with Crippen LogP contribution < -0.4 is 10.5 Å². The molecule has 0 amide bonds. The summed E-state index contributed by atoms with van der Waals surface area (Å²) in [5.74, 6) is -0.420. The fourth-order valence-electron chi connectivity index (χ4n) is 2.08. The van der Waals surface area contributed by atoms with E-state index in [0.29, 0.717) is 5.92 Å². The molecule has 3 N–H and O–H groups in total. The Kier molecular flexibility index (Phi) is 3.59. The highest BCUT2D eigenvalue weighted by atomic mass is 32.2. The number of nitrogens with two attached hydrogens (primary N) is 1. The minimum absolute atomic E-state index is 0.0492. The molecule has 6 heteroatoms. The van der Waals surface area contributed by atoms with E-state index in [-0.39, 0.29) is 16.6 Å². The zero-order chi connectivity index (χ0) is 13.3. The molecular formula is C12H17FN2O2S. The van der Waals surface area contributed by atoms with Crippen molar-refractivity contribution < 1.29 is 12.8 Å². The van der Waals surface area contributed by atoms with E-state index in [1.165, 1.54) is 12.1 Å². The molecule has 1 fully saturated rings. The van der Waals surface area contributed by atoms with Gasteiger partial charge in [-0.3, -0.25) is 0 Å². The van der Waals surface area contributed by atoms with Gasteiger partial charge in [0.25, 0.3) is 0 Å². The molecule has 0 aliphatic heterocycles. The Bertz CT molecular complexity index is 545. The van der Waals surface area contributed by atoms with E-state index >= 15 is 0 Å². The van der Waals surface area contributed by atoms with Gasteiger partial charge in [0.05, 0.1) is 0 Å². The molecular weight excluding hydrogens is 255 g/mol. The van der Waals surface area contributed by atoms with Crippen molar-refractivity contribution >= 4 is 15.7 Å². The quantitative estimate of drug-likeness (QED) is 0.804. The summed E-state index contributed by atoms with van der Waals surface area (Å²) in [5, 5.41) is 0. The molecule has 2 rings (SSSR count). The lowest BCUT2D eigenvalue weighted by atomic mass is 10.2. The maximum atomic E-state index is 13.6. The van der Waals surface area contributed by atoms with Crippen molar-refractivity contribution in [2.75, 3.05) is 5.73 Å². The lowest BCUT2D eigenvalue weighted by molar-refractivity contribution is 0.552. The molecule has 0 spiro atoms. The van der Waals surface area contributed by atoms with E-state index in [1.54, 1.807) is 0 Å². The van der Waals surface area contributed by atoms with Crippen LogP contribution >= 0.6 is 0 Å². The first kappa shape index (κ1) is 13.3. The predicted molar refractivity (Wildman–Crippen MR) is 67.9 cm³/mol. The van der Waals surface area contributed by atoms with Crippen molar-refractivity contribution in [1.29, 1.82) is 0 Å². The molecule has 1 saturated carbocycles. The summed E-state index contributed by atoms with van der Waals surface area (Å²) in [6, 6.07) is 3.55. The minimum atomic E-state index is -3.78. The number of anilines is 1. The highest BCUT2D eigenvalue weighted by molar-refractivity contribution is 7.89. The lowest BCUT2D eigenvalue weighted by Gasteiger charge is -2.07. The van der Waals surface area contributed by atoms with E-state index in [2.05, 4.69) is 11.6 Å². The SMILES string of the molecule is CCCC1CC1NS(=O)(=O)c1ccc(N)cc1F. The van der Waals surface area contributed by atoms with Crippen molar-refractivity contribution in [2.45, 2.75) is 37.1 Å². The van der Waals surface area contributed by atoms with Crippen LogP contribution in [0.25, 0.3) is 0 Å². The first-order valence-electron chi connectivity index (χ1n) is 6.01. The average molecular weight is 272 g/mol. The largest absolute Gasteiger partial charge is 0.399 e. The van der Waals surface area contributed by atoms with Gasteiger partial charge in [-0.25, -0.2) is 17.5 Å². The van der Waals surface area contributed by atoms with Gasteiger partial charge in [0.1, 0.15) is 10.7 Å². The molecule has 4 nitrogen and oxygen atoms in total. The van der Waals surface area contributed by atoms with Gasteiger partial charge < -0.3 is 5.73 Å². The predicted octanol–water partition coefficient (Wildman–Crippen LogP) is 1.87. The van der Waals surface area contributed by atoms with Crippen LogP contribution in [0.5, 0.6) is 0 Å². The fourth-order valence-corrected chi connectivity index (χ4v) is 3.46. The molecule has 1 aliphatic carbocycles. The van der Waals surface area contributed by atoms with Gasteiger partial charge >= 0.3 is 0 Å². The summed E-state index contributed by atoms with van der Waals surface area (Å²) < 4.78 is 40.0. The first-order chi connectivity index (χ1) is 8.44. The molecule has 2 unspecified atom stereocenters. The number of hydrogen-bond donors (Lipinski definition) is 2. The number of benzene rings is 1. The topological polar surface area (TPSA) is 72.2 Å². The molecule has 18 heavy (non-hydrogen) atoms. The smallest absolute Gasteiger partial charge is 0.243 e. The zero-order valence-electron chi connectivity index (χ0n) is 10.2. The van der Waals surface area contributed by atoms with Crippen LogP contribution in [-0.4, -0.2) is 14.5 Å². The van der Waals surface area contributed by atoms with Gasteiger partial charge in [0.15, 0.2) is 0 Å². The summed E-state index contributed by atoms with van der Waals surface area (Å²) in [6.07, 6.45) is 2.86. The number of rotatable bonds is 5. The molecule has 1 aromatic carbocycles. The van der Waals surface area contributed by atoms with Crippen LogP contribution in [-0.2, 0) is 10.0 Å². The molecule has 0 bridgehead atoms.